The lowest BCUT2D eigenvalue weighted by Gasteiger charge is -2.15. The number of nitrogens with zero attached hydrogens (tertiary/aromatic N) is 3. The van der Waals surface area contributed by atoms with Crippen LogP contribution < -0.4 is 0 Å². The zero-order chi connectivity index (χ0) is 12.5. The Labute approximate surface area is 93.5 Å². The monoisotopic (exact) mass is 225 g/mol. The van der Waals surface area contributed by atoms with Gasteiger partial charge in [-0.3, -0.25) is 9.48 Å². The molecule has 0 unspecified atom stereocenters. The number of aromatic nitrogens is 2. The maximum atomic E-state index is 11.9. The largest absolute Gasteiger partial charge is 0.478 e. The lowest BCUT2D eigenvalue weighted by atomic mass is 10.2. The predicted octanol–water partition coefficient (Wildman–Crippen LogP) is 0.864. The van der Waals surface area contributed by atoms with Crippen LogP contribution in [0, 0.1) is 0 Å². The maximum absolute atomic E-state index is 11.9. The second-order valence-corrected chi connectivity index (χ2v) is 3.95. The van der Waals surface area contributed by atoms with E-state index in [0.29, 0.717) is 0 Å². The highest BCUT2D eigenvalue weighted by molar-refractivity contribution is 6.03. The first-order valence-corrected chi connectivity index (χ1v) is 4.88. The van der Waals surface area contributed by atoms with Gasteiger partial charge in [0.25, 0.3) is 5.91 Å². The quantitative estimate of drug-likeness (QED) is 0.828. The molecule has 0 aliphatic rings. The van der Waals surface area contributed by atoms with E-state index in [4.69, 9.17) is 5.11 Å². The molecule has 1 amide bonds. The molecule has 0 atom stereocenters. The van der Waals surface area contributed by atoms with Crippen molar-refractivity contribution < 1.29 is 14.7 Å². The Bertz CT molecular complexity index is 421. The second-order valence-electron chi connectivity index (χ2n) is 3.95. The number of carbonyl (C=O) groups excluding carboxylic acids is 1. The van der Waals surface area contributed by atoms with Gasteiger partial charge in [-0.05, 0) is 13.8 Å². The van der Waals surface area contributed by atoms with Gasteiger partial charge >= 0.3 is 5.97 Å². The number of carboxylic acids is 1. The molecule has 1 N–H and O–H groups in total. The first-order chi connectivity index (χ1) is 7.36. The fourth-order valence-corrected chi connectivity index (χ4v) is 1.34. The molecule has 0 saturated heterocycles. The summed E-state index contributed by atoms with van der Waals surface area (Å²) in [6.45, 7) is 3.68. The molecule has 0 spiro atoms. The summed E-state index contributed by atoms with van der Waals surface area (Å²) in [6, 6.07) is -0.0630. The van der Waals surface area contributed by atoms with E-state index in [1.165, 1.54) is 15.8 Å². The number of aromatic carboxylic acids is 1. The van der Waals surface area contributed by atoms with E-state index >= 15 is 0 Å². The summed E-state index contributed by atoms with van der Waals surface area (Å²) in [5, 5.41) is 12.9. The van der Waals surface area contributed by atoms with Crippen LogP contribution in [-0.4, -0.2) is 45.8 Å². The molecule has 0 aromatic carbocycles. The molecule has 6 nitrogen and oxygen atoms in total. The minimum Gasteiger partial charge on any atom is -0.478 e. The zero-order valence-electron chi connectivity index (χ0n) is 9.76. The Kier molecular flexibility index (Phi) is 3.31. The summed E-state index contributed by atoms with van der Waals surface area (Å²) < 4.78 is 1.42. The van der Waals surface area contributed by atoms with Gasteiger partial charge in [0.15, 0.2) is 0 Å². The van der Waals surface area contributed by atoms with Crippen LogP contribution >= 0.6 is 0 Å². The van der Waals surface area contributed by atoms with Crippen LogP contribution in [0.1, 0.15) is 40.7 Å². The number of carbonyl (C=O) groups is 2. The van der Waals surface area contributed by atoms with Crippen molar-refractivity contribution >= 4 is 11.9 Å². The molecule has 0 saturated carbocycles. The molecule has 1 aromatic heterocycles. The van der Waals surface area contributed by atoms with Gasteiger partial charge in [-0.25, -0.2) is 4.79 Å². The molecule has 6 heteroatoms. The van der Waals surface area contributed by atoms with Crippen molar-refractivity contribution in [1.82, 2.24) is 14.7 Å². The smallest absolute Gasteiger partial charge is 0.339 e. The van der Waals surface area contributed by atoms with E-state index in [-0.39, 0.29) is 23.2 Å². The molecule has 0 bridgehead atoms. The minimum absolute atomic E-state index is 0.0626. The van der Waals surface area contributed by atoms with Gasteiger partial charge in [0, 0.05) is 20.1 Å². The second kappa shape index (κ2) is 4.34. The van der Waals surface area contributed by atoms with Crippen LogP contribution in [0.2, 0.25) is 0 Å². The van der Waals surface area contributed by atoms with Gasteiger partial charge in [0.1, 0.15) is 11.3 Å². The molecule has 0 fully saturated rings. The van der Waals surface area contributed by atoms with Gasteiger partial charge in [-0.2, -0.15) is 5.10 Å². The lowest BCUT2D eigenvalue weighted by molar-refractivity contribution is 0.0683. The van der Waals surface area contributed by atoms with Crippen LogP contribution in [0.5, 0.6) is 0 Å². The summed E-state index contributed by atoms with van der Waals surface area (Å²) in [4.78, 5) is 24.2. The average molecular weight is 225 g/mol. The summed E-state index contributed by atoms with van der Waals surface area (Å²) in [5.41, 5.74) is 0.0555. The molecule has 0 aliphatic heterocycles. The van der Waals surface area contributed by atoms with Gasteiger partial charge in [-0.1, -0.05) is 0 Å². The number of carboxylic acid groups (broad SMARTS) is 1. The Morgan fingerprint density at radius 1 is 1.44 bits per heavy atom. The van der Waals surface area contributed by atoms with E-state index in [1.54, 1.807) is 14.1 Å². The molecular weight excluding hydrogens is 210 g/mol. The van der Waals surface area contributed by atoms with E-state index < -0.39 is 5.97 Å². The first kappa shape index (κ1) is 12.2. The van der Waals surface area contributed by atoms with E-state index in [0.717, 1.165) is 0 Å². The van der Waals surface area contributed by atoms with Crippen molar-refractivity contribution in [2.75, 3.05) is 14.1 Å². The average Bonchev–Trinajstić information content (AvgIpc) is 2.59. The third-order valence-corrected chi connectivity index (χ3v) is 2.12. The molecule has 16 heavy (non-hydrogen) atoms. The third kappa shape index (κ3) is 2.05. The van der Waals surface area contributed by atoms with Crippen molar-refractivity contribution in [3.63, 3.8) is 0 Å². The lowest BCUT2D eigenvalue weighted by Crippen LogP contribution is -2.27. The Morgan fingerprint density at radius 2 is 2.00 bits per heavy atom. The summed E-state index contributed by atoms with van der Waals surface area (Å²) in [5.74, 6) is -1.50. The standard InChI is InChI=1S/C10H15N3O3/c1-6(2)13-8(9(14)12(3)4)7(5-11-13)10(15)16/h5-6H,1-4H3,(H,15,16). The highest BCUT2D eigenvalue weighted by Crippen LogP contribution is 2.15. The molecular formula is C10H15N3O3. The number of hydrogen-bond donors (Lipinski definition) is 1. The topological polar surface area (TPSA) is 75.4 Å². The third-order valence-electron chi connectivity index (χ3n) is 2.12. The van der Waals surface area contributed by atoms with Gasteiger partial charge in [0.2, 0.25) is 0 Å². The fourth-order valence-electron chi connectivity index (χ4n) is 1.34. The zero-order valence-corrected chi connectivity index (χ0v) is 9.76. The summed E-state index contributed by atoms with van der Waals surface area (Å²) in [6.07, 6.45) is 1.21. The van der Waals surface area contributed by atoms with Crippen LogP contribution in [0.4, 0.5) is 0 Å². The van der Waals surface area contributed by atoms with Crippen LogP contribution in [-0.2, 0) is 0 Å². The van der Waals surface area contributed by atoms with Gasteiger partial charge < -0.3 is 10.0 Å². The fraction of sp³-hybridized carbons (Fsp3) is 0.500. The van der Waals surface area contributed by atoms with E-state index in [1.807, 2.05) is 13.8 Å². The molecule has 1 rings (SSSR count). The van der Waals surface area contributed by atoms with Crippen LogP contribution in [0.3, 0.4) is 0 Å². The predicted molar refractivity (Wildman–Crippen MR) is 57.6 cm³/mol. The number of hydrogen-bond acceptors (Lipinski definition) is 3. The van der Waals surface area contributed by atoms with Gasteiger partial charge in [-0.15, -0.1) is 0 Å². The highest BCUT2D eigenvalue weighted by Gasteiger charge is 2.25. The minimum atomic E-state index is -1.14. The van der Waals surface area contributed by atoms with E-state index in [2.05, 4.69) is 5.10 Å². The Morgan fingerprint density at radius 3 is 2.38 bits per heavy atom. The molecule has 88 valence electrons. The molecule has 0 radical (unpaired) electrons. The normalized spacial score (nSPS) is 10.6. The van der Waals surface area contributed by atoms with Crippen LogP contribution in [0.15, 0.2) is 6.20 Å². The SMILES string of the molecule is CC(C)n1ncc(C(=O)O)c1C(=O)N(C)C. The summed E-state index contributed by atoms with van der Waals surface area (Å²) >= 11 is 0. The first-order valence-electron chi connectivity index (χ1n) is 4.88. The van der Waals surface area contributed by atoms with E-state index in [9.17, 15) is 9.59 Å². The summed E-state index contributed by atoms with van der Waals surface area (Å²) in [7, 11) is 3.15. The molecule has 1 aromatic rings. The number of amides is 1. The van der Waals surface area contributed by atoms with Crippen molar-refractivity contribution in [2.45, 2.75) is 19.9 Å². The van der Waals surface area contributed by atoms with Crippen LogP contribution in [0.25, 0.3) is 0 Å². The van der Waals surface area contributed by atoms with Crippen molar-refractivity contribution in [2.24, 2.45) is 0 Å². The molecule has 1 heterocycles. The Hall–Kier alpha value is -1.85. The van der Waals surface area contributed by atoms with Crippen molar-refractivity contribution in [3.8, 4) is 0 Å². The number of rotatable bonds is 3. The maximum Gasteiger partial charge on any atom is 0.339 e. The molecule has 0 aliphatic carbocycles. The van der Waals surface area contributed by atoms with Gasteiger partial charge in [0.05, 0.1) is 6.20 Å². The highest BCUT2D eigenvalue weighted by atomic mass is 16.4. The van der Waals surface area contributed by atoms with Crippen molar-refractivity contribution in [1.29, 1.82) is 0 Å². The Balaban J connectivity index is 3.35. The van der Waals surface area contributed by atoms with Crippen molar-refractivity contribution in [3.05, 3.63) is 17.5 Å².